The quantitative estimate of drug-likeness (QED) is 0.247. The van der Waals surface area contributed by atoms with Crippen LogP contribution in [0.5, 0.6) is 0 Å². The van der Waals surface area contributed by atoms with Crippen molar-refractivity contribution in [2.24, 2.45) is 33.5 Å². The van der Waals surface area contributed by atoms with Crippen molar-refractivity contribution >= 4 is 17.8 Å². The van der Waals surface area contributed by atoms with Crippen LogP contribution in [0.3, 0.4) is 0 Å². The van der Waals surface area contributed by atoms with E-state index in [1.54, 1.807) is 0 Å². The minimum absolute atomic E-state index is 0.0569. The third kappa shape index (κ3) is 8.57. The molecule has 0 saturated heterocycles. The molecule has 0 spiro atoms. The summed E-state index contributed by atoms with van der Waals surface area (Å²) in [6.45, 7) is 20.2. The summed E-state index contributed by atoms with van der Waals surface area (Å²) in [5.74, 6) is -1.35. The normalized spacial score (nSPS) is 22.9. The van der Waals surface area contributed by atoms with Gasteiger partial charge in [0.2, 0.25) is 5.91 Å². The molecule has 0 aromatic heterocycles. The fraction of sp³-hybridized carbons (Fsp3) is 0.893. The van der Waals surface area contributed by atoms with Gasteiger partial charge in [-0.3, -0.25) is 9.59 Å². The number of nitrogens with one attached hydrogen (secondary N) is 1. The van der Waals surface area contributed by atoms with Gasteiger partial charge < -0.3 is 15.5 Å². The predicted octanol–water partition coefficient (Wildman–Crippen LogP) is 6.52. The van der Waals surface area contributed by atoms with Gasteiger partial charge in [0, 0.05) is 11.8 Å². The van der Waals surface area contributed by atoms with E-state index in [4.69, 9.17) is 5.11 Å². The molecule has 198 valence electrons. The number of carboxylic acids is 2. The first kappa shape index (κ1) is 30.4. The Bertz CT molecular complexity index is 725. The van der Waals surface area contributed by atoms with Crippen LogP contribution in [0.2, 0.25) is 0 Å². The van der Waals surface area contributed by atoms with Crippen molar-refractivity contribution in [2.45, 2.75) is 126 Å². The smallest absolute Gasteiger partial charge is 0.326 e. The van der Waals surface area contributed by atoms with Crippen LogP contribution in [0.1, 0.15) is 120 Å². The van der Waals surface area contributed by atoms with Gasteiger partial charge in [-0.15, -0.1) is 0 Å². The Balaban J connectivity index is 3.04. The molecular formula is C28H51NO5. The van der Waals surface area contributed by atoms with Crippen molar-refractivity contribution in [1.29, 1.82) is 0 Å². The van der Waals surface area contributed by atoms with Crippen LogP contribution in [0, 0.1) is 33.5 Å². The van der Waals surface area contributed by atoms with E-state index >= 15 is 0 Å². The van der Waals surface area contributed by atoms with E-state index in [1.807, 2.05) is 13.8 Å². The molecule has 0 aromatic carbocycles. The third-order valence-electron chi connectivity index (χ3n) is 7.89. The van der Waals surface area contributed by atoms with E-state index < -0.39 is 23.4 Å². The monoisotopic (exact) mass is 481 g/mol. The Morgan fingerprint density at radius 1 is 0.882 bits per heavy atom. The summed E-state index contributed by atoms with van der Waals surface area (Å²) >= 11 is 0. The van der Waals surface area contributed by atoms with Crippen molar-refractivity contribution in [2.75, 3.05) is 0 Å². The first-order valence-corrected chi connectivity index (χ1v) is 13.2. The van der Waals surface area contributed by atoms with Crippen molar-refractivity contribution in [3.8, 4) is 0 Å². The molecule has 34 heavy (non-hydrogen) atoms. The van der Waals surface area contributed by atoms with Crippen LogP contribution in [0.25, 0.3) is 0 Å². The van der Waals surface area contributed by atoms with Crippen LogP contribution >= 0.6 is 0 Å². The Kier molecular flexibility index (Phi) is 10.2. The van der Waals surface area contributed by atoms with Gasteiger partial charge in [-0.2, -0.15) is 0 Å². The summed E-state index contributed by atoms with van der Waals surface area (Å²) in [6.07, 6.45) is 6.50. The predicted molar refractivity (Wildman–Crippen MR) is 137 cm³/mol. The first-order valence-electron chi connectivity index (χ1n) is 13.2. The third-order valence-corrected chi connectivity index (χ3v) is 7.89. The molecule has 5 atom stereocenters. The molecule has 0 aromatic rings. The topological polar surface area (TPSA) is 104 Å². The highest BCUT2D eigenvalue weighted by Crippen LogP contribution is 2.64. The molecule has 0 radical (unpaired) electrons. The molecule has 1 aliphatic carbocycles. The van der Waals surface area contributed by atoms with E-state index in [2.05, 4.69) is 53.8 Å². The molecule has 1 aliphatic rings. The Morgan fingerprint density at radius 2 is 1.44 bits per heavy atom. The van der Waals surface area contributed by atoms with Gasteiger partial charge in [-0.1, -0.05) is 75.2 Å². The van der Waals surface area contributed by atoms with Gasteiger partial charge in [-0.25, -0.2) is 4.79 Å². The summed E-state index contributed by atoms with van der Waals surface area (Å²) in [6, 6.07) is -1.18. The zero-order valence-electron chi connectivity index (χ0n) is 23.2. The number of hydrogen-bond donors (Lipinski definition) is 3. The standard InChI is InChI=1S/C28H51NO5/c1-10-14-27(8,17-25(3,4)5)20-16-19(20)26(6,7)18-28(9,15-11-2)24(34)29-21(23(32)33)12-13-22(30)31/h19-21H,10-18H2,1-9H3,(H,29,34)(H,30,31)(H,32,33). The van der Waals surface area contributed by atoms with Gasteiger partial charge in [-0.05, 0) is 66.6 Å². The molecule has 1 amide bonds. The lowest BCUT2D eigenvalue weighted by Crippen LogP contribution is -2.49. The second kappa shape index (κ2) is 11.4. The van der Waals surface area contributed by atoms with Crippen molar-refractivity contribution in [3.05, 3.63) is 0 Å². The average molecular weight is 482 g/mol. The molecule has 0 aliphatic heterocycles. The van der Waals surface area contributed by atoms with E-state index in [0.717, 1.165) is 6.42 Å². The van der Waals surface area contributed by atoms with Gasteiger partial charge in [0.05, 0.1) is 0 Å². The van der Waals surface area contributed by atoms with E-state index in [-0.39, 0.29) is 35.0 Å². The molecule has 6 nitrogen and oxygen atoms in total. The lowest BCUT2D eigenvalue weighted by molar-refractivity contribution is -0.145. The molecule has 5 unspecified atom stereocenters. The van der Waals surface area contributed by atoms with Gasteiger partial charge >= 0.3 is 11.9 Å². The zero-order chi connectivity index (χ0) is 26.5. The molecule has 0 heterocycles. The van der Waals surface area contributed by atoms with Crippen molar-refractivity contribution in [3.63, 3.8) is 0 Å². The van der Waals surface area contributed by atoms with Crippen molar-refractivity contribution in [1.82, 2.24) is 5.32 Å². The number of hydrogen-bond acceptors (Lipinski definition) is 3. The number of carboxylic acid groups (broad SMARTS) is 2. The minimum Gasteiger partial charge on any atom is -0.481 e. The van der Waals surface area contributed by atoms with Gasteiger partial charge in [0.25, 0.3) is 0 Å². The summed E-state index contributed by atoms with van der Waals surface area (Å²) in [5.41, 5.74) is -0.213. The van der Waals surface area contributed by atoms with Crippen LogP contribution in [0.4, 0.5) is 0 Å². The number of carbonyl (C=O) groups is 3. The number of carbonyl (C=O) groups excluding carboxylic acids is 1. The maximum atomic E-state index is 13.4. The highest BCUT2D eigenvalue weighted by atomic mass is 16.4. The van der Waals surface area contributed by atoms with E-state index in [0.29, 0.717) is 24.7 Å². The Morgan fingerprint density at radius 3 is 1.88 bits per heavy atom. The summed E-state index contributed by atoms with van der Waals surface area (Å²) in [5, 5.41) is 21.1. The summed E-state index contributed by atoms with van der Waals surface area (Å²) in [4.78, 5) is 36.0. The molecule has 3 N–H and O–H groups in total. The van der Waals surface area contributed by atoms with Crippen LogP contribution in [0.15, 0.2) is 0 Å². The summed E-state index contributed by atoms with van der Waals surface area (Å²) < 4.78 is 0. The molecule has 0 bridgehead atoms. The van der Waals surface area contributed by atoms with E-state index in [1.165, 1.54) is 25.7 Å². The van der Waals surface area contributed by atoms with Crippen LogP contribution < -0.4 is 5.32 Å². The van der Waals surface area contributed by atoms with E-state index in [9.17, 15) is 19.5 Å². The number of amides is 1. The number of rotatable bonds is 15. The largest absolute Gasteiger partial charge is 0.481 e. The minimum atomic E-state index is -1.19. The highest BCUT2D eigenvalue weighted by molar-refractivity contribution is 5.87. The molecule has 1 rings (SSSR count). The SMILES string of the molecule is CCCC(C)(CC(C)(C)C1CC1C(C)(CCC)CC(C)(C)C)C(=O)NC(CCC(=O)O)C(=O)O. The van der Waals surface area contributed by atoms with Crippen LogP contribution in [-0.4, -0.2) is 34.1 Å². The Labute approximate surface area is 207 Å². The molecule has 1 fully saturated rings. The first-order chi connectivity index (χ1) is 15.4. The van der Waals surface area contributed by atoms with Crippen LogP contribution in [-0.2, 0) is 14.4 Å². The second-order valence-electron chi connectivity index (χ2n) is 13.4. The average Bonchev–Trinajstić information content (AvgIpc) is 3.45. The fourth-order valence-electron chi connectivity index (χ4n) is 6.84. The van der Waals surface area contributed by atoms with Gasteiger partial charge in [0.15, 0.2) is 0 Å². The highest BCUT2D eigenvalue weighted by Gasteiger charge is 2.57. The fourth-order valence-corrected chi connectivity index (χ4v) is 6.84. The second-order valence-corrected chi connectivity index (χ2v) is 13.4. The molecule has 1 saturated carbocycles. The Hall–Kier alpha value is -1.59. The lowest BCUT2D eigenvalue weighted by Gasteiger charge is -2.41. The number of aliphatic carboxylic acids is 2. The zero-order valence-corrected chi connectivity index (χ0v) is 23.2. The van der Waals surface area contributed by atoms with Crippen molar-refractivity contribution < 1.29 is 24.6 Å². The lowest BCUT2D eigenvalue weighted by atomic mass is 9.64. The molecule has 6 heteroatoms. The van der Waals surface area contributed by atoms with Gasteiger partial charge in [0.1, 0.15) is 6.04 Å². The maximum absolute atomic E-state index is 13.4. The maximum Gasteiger partial charge on any atom is 0.326 e. The molecular weight excluding hydrogens is 430 g/mol. The summed E-state index contributed by atoms with van der Waals surface area (Å²) in [7, 11) is 0.